The fourth-order valence-corrected chi connectivity index (χ4v) is 4.19. The van der Waals surface area contributed by atoms with Gasteiger partial charge in [0.2, 0.25) is 0 Å². The lowest BCUT2D eigenvalue weighted by molar-refractivity contribution is -0.139. The molecule has 2 heterocycles. The number of carbonyl (C=O) groups excluding carboxylic acids is 2. The number of ketones is 1. The van der Waals surface area contributed by atoms with E-state index in [4.69, 9.17) is 9.47 Å². The third-order valence-electron chi connectivity index (χ3n) is 5.93. The summed E-state index contributed by atoms with van der Waals surface area (Å²) in [4.78, 5) is 31.9. The van der Waals surface area contributed by atoms with Gasteiger partial charge in [0.05, 0.1) is 31.7 Å². The Morgan fingerprint density at radius 3 is 2.57 bits per heavy atom. The first-order valence-corrected chi connectivity index (χ1v) is 11.6. The number of benzene rings is 2. The normalized spacial score (nSPS) is 17.1. The van der Waals surface area contributed by atoms with Crippen molar-refractivity contribution in [1.82, 2.24) is 14.5 Å². The molecule has 0 radical (unpaired) electrons. The average molecular weight is 476 g/mol. The highest BCUT2D eigenvalue weighted by Gasteiger charge is 2.45. The number of aromatic nitrogens is 2. The number of rotatable bonds is 10. The Kier molecular flexibility index (Phi) is 7.50. The van der Waals surface area contributed by atoms with Gasteiger partial charge in [-0.05, 0) is 42.7 Å². The van der Waals surface area contributed by atoms with E-state index in [9.17, 15) is 14.7 Å². The number of carbonyl (C=O) groups is 2. The molecule has 3 aromatic rings. The lowest BCUT2D eigenvalue weighted by Gasteiger charge is -2.25. The fourth-order valence-electron chi connectivity index (χ4n) is 4.19. The number of methoxy groups -OCH3 is 1. The predicted octanol–water partition coefficient (Wildman–Crippen LogP) is 4.19. The number of Topliss-reactive ketones (excluding diaryl/α,β-unsaturated/α-hetero) is 1. The van der Waals surface area contributed by atoms with Gasteiger partial charge in [0.15, 0.2) is 0 Å². The first kappa shape index (κ1) is 24.1. The van der Waals surface area contributed by atoms with Gasteiger partial charge in [0.25, 0.3) is 11.7 Å². The number of aryl methyl sites for hydroxylation is 1. The molecule has 0 spiro atoms. The molecule has 1 fully saturated rings. The number of hydrogen-bond donors (Lipinski definition) is 1. The van der Waals surface area contributed by atoms with E-state index < -0.39 is 17.7 Å². The van der Waals surface area contributed by atoms with E-state index in [1.165, 1.54) is 4.90 Å². The van der Waals surface area contributed by atoms with Crippen LogP contribution in [0.25, 0.3) is 5.76 Å². The quantitative estimate of drug-likeness (QED) is 0.268. The largest absolute Gasteiger partial charge is 0.507 e. The van der Waals surface area contributed by atoms with Crippen molar-refractivity contribution in [3.05, 3.63) is 84.0 Å². The Balaban J connectivity index is 1.71. The van der Waals surface area contributed by atoms with E-state index in [0.717, 1.165) is 6.42 Å². The van der Waals surface area contributed by atoms with Crippen LogP contribution in [0.2, 0.25) is 0 Å². The standard InChI is InChI=1S/C27H29N3O5/c1-3-16-35-22-7-4-6-20(17-22)25(31)23-24(19-8-10-21(34-2)11-9-19)30(27(33)26(23)32)14-5-13-29-15-12-28-18-29/h4,6-12,15,17-18,24,31H,3,5,13-14,16H2,1-2H3. The second-order valence-corrected chi connectivity index (χ2v) is 8.30. The summed E-state index contributed by atoms with van der Waals surface area (Å²) in [6.45, 7) is 3.54. The van der Waals surface area contributed by atoms with Gasteiger partial charge in [-0.15, -0.1) is 0 Å². The SMILES string of the molecule is CCCOc1cccc(C(O)=C2C(=O)C(=O)N(CCCn3ccnc3)C2c2ccc(OC)cc2)c1. The minimum absolute atomic E-state index is 0.0652. The summed E-state index contributed by atoms with van der Waals surface area (Å²) < 4.78 is 12.9. The van der Waals surface area contributed by atoms with Crippen LogP contribution in [0.3, 0.4) is 0 Å². The third-order valence-corrected chi connectivity index (χ3v) is 5.93. The number of amides is 1. The summed E-state index contributed by atoms with van der Waals surface area (Å²) in [5, 5.41) is 11.3. The van der Waals surface area contributed by atoms with Gasteiger partial charge in [-0.2, -0.15) is 0 Å². The van der Waals surface area contributed by atoms with E-state index in [0.29, 0.717) is 48.7 Å². The van der Waals surface area contributed by atoms with Crippen molar-refractivity contribution in [3.8, 4) is 11.5 Å². The Morgan fingerprint density at radius 1 is 1.09 bits per heavy atom. The summed E-state index contributed by atoms with van der Waals surface area (Å²) in [5.74, 6) is -0.302. The van der Waals surface area contributed by atoms with Crippen molar-refractivity contribution in [2.75, 3.05) is 20.3 Å². The highest BCUT2D eigenvalue weighted by molar-refractivity contribution is 6.46. The van der Waals surface area contributed by atoms with Crippen molar-refractivity contribution < 1.29 is 24.2 Å². The van der Waals surface area contributed by atoms with E-state index >= 15 is 0 Å². The van der Waals surface area contributed by atoms with Gasteiger partial charge in [-0.3, -0.25) is 9.59 Å². The van der Waals surface area contributed by atoms with Crippen LogP contribution in [-0.4, -0.2) is 51.5 Å². The monoisotopic (exact) mass is 475 g/mol. The van der Waals surface area contributed by atoms with E-state index in [2.05, 4.69) is 4.98 Å². The molecule has 0 aliphatic carbocycles. The van der Waals surface area contributed by atoms with Crippen molar-refractivity contribution in [3.63, 3.8) is 0 Å². The topological polar surface area (TPSA) is 93.9 Å². The number of ether oxygens (including phenoxy) is 2. The van der Waals surface area contributed by atoms with E-state index in [1.54, 1.807) is 56.0 Å². The number of likely N-dealkylation sites (tertiary alicyclic amines) is 1. The summed E-state index contributed by atoms with van der Waals surface area (Å²) in [6, 6.07) is 13.4. The molecule has 1 aliphatic rings. The first-order valence-electron chi connectivity index (χ1n) is 11.6. The van der Waals surface area contributed by atoms with Crippen LogP contribution in [0.1, 0.15) is 36.9 Å². The van der Waals surface area contributed by atoms with E-state index in [-0.39, 0.29) is 11.3 Å². The van der Waals surface area contributed by atoms with Crippen molar-refractivity contribution in [2.24, 2.45) is 0 Å². The van der Waals surface area contributed by atoms with Crippen LogP contribution in [0.15, 0.2) is 72.8 Å². The summed E-state index contributed by atoms with van der Waals surface area (Å²) in [7, 11) is 1.57. The molecule has 2 aromatic carbocycles. The lowest BCUT2D eigenvalue weighted by Crippen LogP contribution is -2.31. The molecule has 4 rings (SSSR count). The van der Waals surface area contributed by atoms with Crippen molar-refractivity contribution in [1.29, 1.82) is 0 Å². The van der Waals surface area contributed by atoms with Crippen LogP contribution in [0.5, 0.6) is 11.5 Å². The molecule has 1 unspecified atom stereocenters. The zero-order valence-corrected chi connectivity index (χ0v) is 19.9. The van der Waals surface area contributed by atoms with Gasteiger partial charge in [-0.25, -0.2) is 4.98 Å². The second kappa shape index (κ2) is 10.9. The first-order chi connectivity index (χ1) is 17.0. The molecule has 1 amide bonds. The zero-order chi connectivity index (χ0) is 24.8. The molecule has 8 nitrogen and oxygen atoms in total. The number of imidazole rings is 1. The number of aliphatic hydroxyl groups is 1. The molecule has 182 valence electrons. The molecule has 0 bridgehead atoms. The van der Waals surface area contributed by atoms with Gasteiger partial charge in [-0.1, -0.05) is 31.2 Å². The van der Waals surface area contributed by atoms with Crippen molar-refractivity contribution in [2.45, 2.75) is 32.4 Å². The molecule has 1 aromatic heterocycles. The van der Waals surface area contributed by atoms with Crippen LogP contribution in [0, 0.1) is 0 Å². The Bertz CT molecular complexity index is 1200. The number of nitrogens with zero attached hydrogens (tertiary/aromatic N) is 3. The summed E-state index contributed by atoms with van der Waals surface area (Å²) >= 11 is 0. The molecule has 8 heteroatoms. The third kappa shape index (κ3) is 5.21. The molecular weight excluding hydrogens is 446 g/mol. The number of hydrogen-bond acceptors (Lipinski definition) is 6. The molecule has 1 N–H and O–H groups in total. The molecule has 1 aliphatic heterocycles. The maximum Gasteiger partial charge on any atom is 0.295 e. The van der Waals surface area contributed by atoms with Crippen molar-refractivity contribution >= 4 is 17.4 Å². The van der Waals surface area contributed by atoms with Gasteiger partial charge in [0, 0.05) is 31.0 Å². The van der Waals surface area contributed by atoms with Crippen LogP contribution in [0.4, 0.5) is 0 Å². The Morgan fingerprint density at radius 2 is 1.89 bits per heavy atom. The predicted molar refractivity (Wildman–Crippen MR) is 131 cm³/mol. The maximum absolute atomic E-state index is 13.2. The van der Waals surface area contributed by atoms with Gasteiger partial charge in [0.1, 0.15) is 17.3 Å². The minimum atomic E-state index is -0.719. The highest BCUT2D eigenvalue weighted by atomic mass is 16.5. The smallest absolute Gasteiger partial charge is 0.295 e. The van der Waals surface area contributed by atoms with Gasteiger partial charge >= 0.3 is 0 Å². The van der Waals surface area contributed by atoms with Crippen LogP contribution >= 0.6 is 0 Å². The van der Waals surface area contributed by atoms with E-state index in [1.807, 2.05) is 29.8 Å². The summed E-state index contributed by atoms with van der Waals surface area (Å²) in [5.41, 5.74) is 1.21. The highest BCUT2D eigenvalue weighted by Crippen LogP contribution is 2.40. The lowest BCUT2D eigenvalue weighted by atomic mass is 9.95. The van der Waals surface area contributed by atoms with Gasteiger partial charge < -0.3 is 24.0 Å². The Labute approximate surface area is 204 Å². The zero-order valence-electron chi connectivity index (χ0n) is 19.9. The summed E-state index contributed by atoms with van der Waals surface area (Å²) in [6.07, 6.45) is 6.72. The maximum atomic E-state index is 13.2. The molecule has 35 heavy (non-hydrogen) atoms. The molecule has 1 saturated heterocycles. The second-order valence-electron chi connectivity index (χ2n) is 8.30. The molecule has 0 saturated carbocycles. The van der Waals surface area contributed by atoms with Crippen LogP contribution < -0.4 is 9.47 Å². The molecule has 1 atom stereocenters. The average Bonchev–Trinajstić information content (AvgIpc) is 3.49. The van der Waals surface area contributed by atoms with Crippen LogP contribution in [-0.2, 0) is 16.1 Å². The Hall–Kier alpha value is -4.07. The minimum Gasteiger partial charge on any atom is -0.507 e. The molecular formula is C27H29N3O5. The number of aliphatic hydroxyl groups excluding tert-OH is 1. The fraction of sp³-hybridized carbons (Fsp3) is 0.296.